The second kappa shape index (κ2) is 8.50. The third-order valence-corrected chi connectivity index (χ3v) is 4.76. The first-order valence-electron chi connectivity index (χ1n) is 8.02. The van der Waals surface area contributed by atoms with Crippen molar-refractivity contribution >= 4 is 40.6 Å². The number of anilines is 1. The molecule has 0 spiro atoms. The van der Waals surface area contributed by atoms with Gasteiger partial charge in [-0.2, -0.15) is 0 Å². The van der Waals surface area contributed by atoms with Crippen molar-refractivity contribution < 1.29 is 9.72 Å². The van der Waals surface area contributed by atoms with Gasteiger partial charge in [-0.1, -0.05) is 37.2 Å². The van der Waals surface area contributed by atoms with E-state index < -0.39 is 4.92 Å². The fourth-order valence-corrected chi connectivity index (χ4v) is 3.34. The topological polar surface area (TPSA) is 103 Å². The van der Waals surface area contributed by atoms with Crippen LogP contribution in [-0.4, -0.2) is 31.3 Å². The maximum Gasteiger partial charge on any atom is 0.271 e. The van der Waals surface area contributed by atoms with Gasteiger partial charge in [-0.25, -0.2) is 0 Å². The quantitative estimate of drug-likeness (QED) is 0.425. The highest BCUT2D eigenvalue weighted by atomic mass is 35.5. The van der Waals surface area contributed by atoms with Crippen molar-refractivity contribution in [1.82, 2.24) is 14.8 Å². The second-order valence-electron chi connectivity index (χ2n) is 6.22. The number of aromatic nitrogens is 3. The van der Waals surface area contributed by atoms with Crippen molar-refractivity contribution in [3.8, 4) is 0 Å². The van der Waals surface area contributed by atoms with Crippen LogP contribution < -0.4 is 5.32 Å². The standard InChI is InChI=1S/C16H20ClN5O3S/c1-9(2)15-19-20-16(21(15)10(3)4)26-8-14(23)18-13-7-11(22(24)25)5-6-12(13)17/h5-7,9-10H,8H2,1-4H3,(H,18,23). The number of benzene rings is 1. The Morgan fingerprint density at radius 2 is 2.04 bits per heavy atom. The highest BCUT2D eigenvalue weighted by Crippen LogP contribution is 2.28. The predicted molar refractivity (Wildman–Crippen MR) is 102 cm³/mol. The molecule has 8 nitrogen and oxygen atoms in total. The van der Waals surface area contributed by atoms with Crippen LogP contribution in [0.15, 0.2) is 23.4 Å². The molecular formula is C16H20ClN5O3S. The Kier molecular flexibility index (Phi) is 6.60. The number of rotatable bonds is 7. The minimum atomic E-state index is -0.542. The fraction of sp³-hybridized carbons (Fsp3) is 0.438. The molecule has 0 bridgehead atoms. The monoisotopic (exact) mass is 397 g/mol. The molecule has 26 heavy (non-hydrogen) atoms. The van der Waals surface area contributed by atoms with Gasteiger partial charge < -0.3 is 9.88 Å². The van der Waals surface area contributed by atoms with Crippen LogP contribution in [0, 0.1) is 10.1 Å². The third kappa shape index (κ3) is 4.73. The lowest BCUT2D eigenvalue weighted by Gasteiger charge is -2.15. The number of thioether (sulfide) groups is 1. The summed E-state index contributed by atoms with van der Waals surface area (Å²) in [4.78, 5) is 22.5. The van der Waals surface area contributed by atoms with Crippen LogP contribution in [-0.2, 0) is 4.79 Å². The lowest BCUT2D eigenvalue weighted by Crippen LogP contribution is -2.16. The molecule has 0 aliphatic rings. The third-order valence-electron chi connectivity index (χ3n) is 3.49. The Bertz CT molecular complexity index is 822. The molecule has 2 rings (SSSR count). The summed E-state index contributed by atoms with van der Waals surface area (Å²) in [6.07, 6.45) is 0. The Hall–Kier alpha value is -2.13. The minimum absolute atomic E-state index is 0.0853. The summed E-state index contributed by atoms with van der Waals surface area (Å²) >= 11 is 7.25. The van der Waals surface area contributed by atoms with E-state index >= 15 is 0 Å². The molecule has 0 fully saturated rings. The highest BCUT2D eigenvalue weighted by Gasteiger charge is 2.19. The van der Waals surface area contributed by atoms with Gasteiger partial charge >= 0.3 is 0 Å². The number of carbonyl (C=O) groups excluding carboxylic acids is 1. The van der Waals surface area contributed by atoms with Crippen LogP contribution in [0.25, 0.3) is 0 Å². The maximum atomic E-state index is 12.2. The van der Waals surface area contributed by atoms with Crippen molar-refractivity contribution in [2.45, 2.75) is 44.8 Å². The van der Waals surface area contributed by atoms with E-state index in [9.17, 15) is 14.9 Å². The zero-order valence-electron chi connectivity index (χ0n) is 14.9. The molecular weight excluding hydrogens is 378 g/mol. The van der Waals surface area contributed by atoms with E-state index in [1.807, 2.05) is 32.3 Å². The number of carbonyl (C=O) groups is 1. The Morgan fingerprint density at radius 3 is 2.62 bits per heavy atom. The van der Waals surface area contributed by atoms with Crippen LogP contribution >= 0.6 is 23.4 Å². The fourth-order valence-electron chi connectivity index (χ4n) is 2.30. The van der Waals surface area contributed by atoms with Crippen molar-refractivity contribution in [1.29, 1.82) is 0 Å². The average Bonchev–Trinajstić information content (AvgIpc) is 2.99. The summed E-state index contributed by atoms with van der Waals surface area (Å²) in [5.74, 6) is 0.838. The van der Waals surface area contributed by atoms with Crippen LogP contribution in [0.5, 0.6) is 0 Å². The SMILES string of the molecule is CC(C)c1nnc(SCC(=O)Nc2cc([N+](=O)[O-])ccc2Cl)n1C(C)C. The van der Waals surface area contributed by atoms with Crippen LogP contribution in [0.4, 0.5) is 11.4 Å². The number of amides is 1. The number of nitro benzene ring substituents is 1. The molecule has 0 saturated carbocycles. The van der Waals surface area contributed by atoms with Crippen molar-refractivity contribution in [2.24, 2.45) is 0 Å². The molecule has 1 N–H and O–H groups in total. The molecule has 0 unspecified atom stereocenters. The van der Waals surface area contributed by atoms with Gasteiger partial charge in [0, 0.05) is 24.1 Å². The van der Waals surface area contributed by atoms with Crippen LogP contribution in [0.3, 0.4) is 0 Å². The van der Waals surface area contributed by atoms with Crippen molar-refractivity contribution in [3.05, 3.63) is 39.2 Å². The lowest BCUT2D eigenvalue weighted by molar-refractivity contribution is -0.384. The summed E-state index contributed by atoms with van der Waals surface area (Å²) in [5, 5.41) is 22.7. The van der Waals surface area contributed by atoms with E-state index in [4.69, 9.17) is 11.6 Å². The first-order valence-corrected chi connectivity index (χ1v) is 9.38. The Labute approximate surface area is 160 Å². The molecule has 1 amide bonds. The van der Waals surface area contributed by atoms with E-state index in [0.717, 1.165) is 5.82 Å². The van der Waals surface area contributed by atoms with Gasteiger partial charge in [0.15, 0.2) is 5.16 Å². The number of halogens is 1. The van der Waals surface area contributed by atoms with E-state index in [2.05, 4.69) is 15.5 Å². The minimum Gasteiger partial charge on any atom is -0.324 e. The van der Waals surface area contributed by atoms with E-state index in [1.165, 1.54) is 30.0 Å². The predicted octanol–water partition coefficient (Wildman–Crippen LogP) is 4.27. The summed E-state index contributed by atoms with van der Waals surface area (Å²) in [5.41, 5.74) is 0.0677. The summed E-state index contributed by atoms with van der Waals surface area (Å²) < 4.78 is 2.00. The molecule has 0 radical (unpaired) electrons. The molecule has 0 saturated heterocycles. The largest absolute Gasteiger partial charge is 0.324 e. The molecule has 1 aromatic carbocycles. The van der Waals surface area contributed by atoms with Crippen LogP contribution in [0.2, 0.25) is 5.02 Å². The van der Waals surface area contributed by atoms with Gasteiger partial charge in [-0.05, 0) is 19.9 Å². The first kappa shape index (κ1) is 20.2. The van der Waals surface area contributed by atoms with E-state index in [0.29, 0.717) is 5.16 Å². The Morgan fingerprint density at radius 1 is 1.35 bits per heavy atom. The summed E-state index contributed by atoms with van der Waals surface area (Å²) in [6, 6.07) is 4.07. The molecule has 2 aromatic rings. The zero-order valence-corrected chi connectivity index (χ0v) is 16.5. The van der Waals surface area contributed by atoms with E-state index in [-0.39, 0.29) is 40.0 Å². The number of hydrogen-bond donors (Lipinski definition) is 1. The number of hydrogen-bond acceptors (Lipinski definition) is 6. The van der Waals surface area contributed by atoms with E-state index in [1.54, 1.807) is 0 Å². The molecule has 10 heteroatoms. The molecule has 140 valence electrons. The number of nitrogens with zero attached hydrogens (tertiary/aromatic N) is 4. The highest BCUT2D eigenvalue weighted by molar-refractivity contribution is 7.99. The molecule has 0 aliphatic carbocycles. The molecule has 1 heterocycles. The molecule has 1 aromatic heterocycles. The van der Waals surface area contributed by atoms with Gasteiger partial charge in [0.2, 0.25) is 5.91 Å². The van der Waals surface area contributed by atoms with Gasteiger partial charge in [0.25, 0.3) is 5.69 Å². The lowest BCUT2D eigenvalue weighted by atomic mass is 10.2. The normalized spacial score (nSPS) is 11.2. The first-order chi connectivity index (χ1) is 12.2. The van der Waals surface area contributed by atoms with Gasteiger partial charge in [0.05, 0.1) is 21.4 Å². The summed E-state index contributed by atoms with van der Waals surface area (Å²) in [6.45, 7) is 8.13. The Balaban J connectivity index is 2.08. The average molecular weight is 398 g/mol. The second-order valence-corrected chi connectivity index (χ2v) is 7.57. The number of nitrogens with one attached hydrogen (secondary N) is 1. The summed E-state index contributed by atoms with van der Waals surface area (Å²) in [7, 11) is 0. The number of nitro groups is 1. The maximum absolute atomic E-state index is 12.2. The van der Waals surface area contributed by atoms with Crippen molar-refractivity contribution in [3.63, 3.8) is 0 Å². The van der Waals surface area contributed by atoms with Crippen LogP contribution in [0.1, 0.15) is 45.5 Å². The number of non-ortho nitro benzene ring substituents is 1. The van der Waals surface area contributed by atoms with Gasteiger partial charge in [-0.15, -0.1) is 10.2 Å². The smallest absolute Gasteiger partial charge is 0.271 e. The zero-order chi connectivity index (χ0) is 19.4. The van der Waals surface area contributed by atoms with Gasteiger partial charge in [0.1, 0.15) is 5.82 Å². The van der Waals surface area contributed by atoms with Gasteiger partial charge in [-0.3, -0.25) is 14.9 Å². The van der Waals surface area contributed by atoms with Crippen molar-refractivity contribution in [2.75, 3.05) is 11.1 Å². The molecule has 0 atom stereocenters. The molecule has 0 aliphatic heterocycles.